The average molecular weight is 311 g/mol. The largest absolute Gasteiger partial charge is 0.508 e. The van der Waals surface area contributed by atoms with Crippen LogP contribution in [0.15, 0.2) is 35.3 Å². The van der Waals surface area contributed by atoms with Crippen LogP contribution in [0.25, 0.3) is 0 Å². The Morgan fingerprint density at radius 1 is 1.20 bits per heavy atom. The normalized spacial score (nSPS) is 11.7. The van der Waals surface area contributed by atoms with Crippen LogP contribution in [-0.4, -0.2) is 15.4 Å². The summed E-state index contributed by atoms with van der Waals surface area (Å²) in [5.74, 6) is 0.0351. The van der Waals surface area contributed by atoms with Gasteiger partial charge in [-0.2, -0.15) is 0 Å². The zero-order valence-electron chi connectivity index (χ0n) is 10.6. The number of nitrogen functional groups attached to an aromatic ring is 1. The van der Waals surface area contributed by atoms with Crippen molar-refractivity contribution in [1.82, 2.24) is 0 Å². The predicted molar refractivity (Wildman–Crippen MR) is 82.4 cm³/mol. The Kier molecular flexibility index (Phi) is 4.06. The van der Waals surface area contributed by atoms with Crippen LogP contribution in [-0.2, 0) is 0 Å². The van der Waals surface area contributed by atoms with Crippen LogP contribution < -0.4 is 5.73 Å². The summed E-state index contributed by atoms with van der Waals surface area (Å²) in [6, 6.07) is 7.50. The summed E-state index contributed by atoms with van der Waals surface area (Å²) in [5.41, 5.74) is 7.88. The highest BCUT2D eigenvalue weighted by molar-refractivity contribution is 6.70. The number of aliphatic imine (C=N–C) groups is 1. The van der Waals surface area contributed by atoms with Gasteiger partial charge in [0.05, 0.1) is 10.7 Å². The number of anilines is 1. The summed E-state index contributed by atoms with van der Waals surface area (Å²) in [6.45, 7) is 1.80. The lowest BCUT2D eigenvalue weighted by Crippen LogP contribution is -1.98. The number of nitrogens with zero attached hydrogens (tertiary/aromatic N) is 1. The van der Waals surface area contributed by atoms with Crippen molar-refractivity contribution in [2.24, 2.45) is 4.99 Å². The molecular weight excluding hydrogens is 299 g/mol. The first-order valence-electron chi connectivity index (χ1n) is 5.70. The number of benzene rings is 2. The van der Waals surface area contributed by atoms with Gasteiger partial charge in [0.15, 0.2) is 0 Å². The molecule has 2 aromatic rings. The van der Waals surface area contributed by atoms with E-state index in [0.717, 1.165) is 5.56 Å². The van der Waals surface area contributed by atoms with E-state index in [0.29, 0.717) is 16.9 Å². The molecule has 6 heteroatoms. The Labute approximate surface area is 126 Å². The van der Waals surface area contributed by atoms with Gasteiger partial charge in [-0.3, -0.25) is 0 Å². The Hall–Kier alpha value is -1.91. The van der Waals surface area contributed by atoms with Crippen LogP contribution in [0.4, 0.5) is 11.4 Å². The molecule has 0 aromatic heterocycles. The van der Waals surface area contributed by atoms with E-state index in [1.807, 2.05) is 0 Å². The van der Waals surface area contributed by atoms with Crippen LogP contribution in [0.1, 0.15) is 11.1 Å². The van der Waals surface area contributed by atoms with Crippen molar-refractivity contribution in [3.63, 3.8) is 0 Å². The molecule has 2 rings (SSSR count). The number of halogens is 2. The van der Waals surface area contributed by atoms with Gasteiger partial charge >= 0.3 is 0 Å². The molecule has 104 valence electrons. The van der Waals surface area contributed by atoms with Crippen LogP contribution in [0.3, 0.4) is 0 Å². The molecule has 0 spiro atoms. The molecule has 0 aliphatic rings. The molecule has 4 N–H and O–H groups in total. The third-order valence-corrected chi connectivity index (χ3v) is 3.33. The average Bonchev–Trinajstić information content (AvgIpc) is 2.37. The summed E-state index contributed by atoms with van der Waals surface area (Å²) in [6.07, 6.45) is 0. The van der Waals surface area contributed by atoms with Crippen molar-refractivity contribution in [1.29, 1.82) is 0 Å². The second-order valence-corrected chi connectivity index (χ2v) is 5.03. The Bertz CT molecular complexity index is 700. The van der Waals surface area contributed by atoms with E-state index in [1.54, 1.807) is 19.1 Å². The lowest BCUT2D eigenvalue weighted by molar-refractivity contribution is 0.474. The number of rotatable bonds is 2. The highest BCUT2D eigenvalue weighted by atomic mass is 35.5. The van der Waals surface area contributed by atoms with Crippen molar-refractivity contribution in [2.75, 3.05) is 5.73 Å². The topological polar surface area (TPSA) is 78.8 Å². The van der Waals surface area contributed by atoms with E-state index < -0.39 is 0 Å². The molecule has 2 aromatic carbocycles. The fraction of sp³-hybridized carbons (Fsp3) is 0.0714. The molecule has 0 radical (unpaired) electrons. The van der Waals surface area contributed by atoms with E-state index >= 15 is 0 Å². The van der Waals surface area contributed by atoms with Gasteiger partial charge in [-0.05, 0) is 42.8 Å². The minimum absolute atomic E-state index is 0.119. The standard InChI is InChI=1S/C14H12Cl2N2O2/c1-7-4-8(19)2-3-12(7)18-14(16)9-5-13(20)10(15)6-11(9)17/h2-6,19-20H,17H2,1H3. The van der Waals surface area contributed by atoms with Gasteiger partial charge in [0.1, 0.15) is 16.7 Å². The summed E-state index contributed by atoms with van der Waals surface area (Å²) >= 11 is 11.9. The SMILES string of the molecule is Cc1cc(O)ccc1N=C(Cl)c1cc(O)c(Cl)cc1N. The van der Waals surface area contributed by atoms with E-state index in [1.165, 1.54) is 18.2 Å². The Balaban J connectivity index is 2.47. The van der Waals surface area contributed by atoms with Crippen LogP contribution >= 0.6 is 23.2 Å². The molecule has 20 heavy (non-hydrogen) atoms. The first-order chi connectivity index (χ1) is 9.38. The first-order valence-corrected chi connectivity index (χ1v) is 6.46. The van der Waals surface area contributed by atoms with Gasteiger partial charge in [-0.15, -0.1) is 0 Å². The molecular formula is C14H12Cl2N2O2. The molecule has 0 heterocycles. The summed E-state index contributed by atoms with van der Waals surface area (Å²) < 4.78 is 0. The first kappa shape index (κ1) is 14.5. The van der Waals surface area contributed by atoms with Gasteiger partial charge in [0.25, 0.3) is 0 Å². The summed E-state index contributed by atoms with van der Waals surface area (Å²) in [7, 11) is 0. The van der Waals surface area contributed by atoms with Gasteiger partial charge in [-0.25, -0.2) is 4.99 Å². The van der Waals surface area contributed by atoms with Crippen molar-refractivity contribution < 1.29 is 10.2 Å². The predicted octanol–water partition coefficient (Wildman–Crippen LogP) is 3.96. The number of aromatic hydroxyl groups is 2. The number of phenols is 2. The van der Waals surface area contributed by atoms with Crippen molar-refractivity contribution in [3.05, 3.63) is 46.5 Å². The van der Waals surface area contributed by atoms with E-state index in [9.17, 15) is 10.2 Å². The van der Waals surface area contributed by atoms with E-state index in [-0.39, 0.29) is 21.7 Å². The lowest BCUT2D eigenvalue weighted by Gasteiger charge is -2.07. The van der Waals surface area contributed by atoms with E-state index in [4.69, 9.17) is 28.9 Å². The van der Waals surface area contributed by atoms with Gasteiger partial charge in [0.2, 0.25) is 0 Å². The molecule has 0 fully saturated rings. The monoisotopic (exact) mass is 310 g/mol. The van der Waals surface area contributed by atoms with Crippen molar-refractivity contribution >= 4 is 39.7 Å². The molecule has 0 bridgehead atoms. The molecule has 0 saturated heterocycles. The minimum atomic E-state index is -0.119. The molecule has 0 aliphatic carbocycles. The minimum Gasteiger partial charge on any atom is -0.508 e. The molecule has 0 aliphatic heterocycles. The molecule has 0 amide bonds. The highest BCUT2D eigenvalue weighted by Crippen LogP contribution is 2.31. The quantitative estimate of drug-likeness (QED) is 0.446. The number of aryl methyl sites for hydroxylation is 1. The van der Waals surface area contributed by atoms with Gasteiger partial charge in [0, 0.05) is 11.3 Å². The fourth-order valence-electron chi connectivity index (χ4n) is 1.69. The second kappa shape index (κ2) is 5.61. The highest BCUT2D eigenvalue weighted by Gasteiger charge is 2.10. The van der Waals surface area contributed by atoms with Crippen LogP contribution in [0.2, 0.25) is 5.02 Å². The Morgan fingerprint density at radius 3 is 2.55 bits per heavy atom. The van der Waals surface area contributed by atoms with Crippen LogP contribution in [0.5, 0.6) is 11.5 Å². The molecule has 0 saturated carbocycles. The molecule has 4 nitrogen and oxygen atoms in total. The summed E-state index contributed by atoms with van der Waals surface area (Å²) in [5, 5.41) is 19.2. The maximum atomic E-state index is 9.60. The fourth-order valence-corrected chi connectivity index (χ4v) is 2.11. The lowest BCUT2D eigenvalue weighted by atomic mass is 10.1. The number of hydrogen-bond acceptors (Lipinski definition) is 4. The number of phenolic OH excluding ortho intramolecular Hbond substituents is 2. The zero-order valence-corrected chi connectivity index (χ0v) is 12.1. The van der Waals surface area contributed by atoms with Gasteiger partial charge in [-0.1, -0.05) is 23.2 Å². The van der Waals surface area contributed by atoms with Crippen molar-refractivity contribution in [2.45, 2.75) is 6.92 Å². The van der Waals surface area contributed by atoms with Gasteiger partial charge < -0.3 is 15.9 Å². The van der Waals surface area contributed by atoms with Crippen LogP contribution in [0, 0.1) is 6.92 Å². The third kappa shape index (κ3) is 2.98. The maximum Gasteiger partial charge on any atom is 0.139 e. The van der Waals surface area contributed by atoms with E-state index in [2.05, 4.69) is 4.99 Å². The zero-order chi connectivity index (χ0) is 14.9. The second-order valence-electron chi connectivity index (χ2n) is 4.26. The number of hydrogen-bond donors (Lipinski definition) is 3. The number of nitrogens with two attached hydrogens (primary N) is 1. The smallest absolute Gasteiger partial charge is 0.139 e. The summed E-state index contributed by atoms with van der Waals surface area (Å²) in [4.78, 5) is 4.24. The molecule has 0 atom stereocenters. The third-order valence-electron chi connectivity index (χ3n) is 2.74. The van der Waals surface area contributed by atoms with Crippen molar-refractivity contribution in [3.8, 4) is 11.5 Å². The maximum absolute atomic E-state index is 9.60. The Morgan fingerprint density at radius 2 is 1.90 bits per heavy atom. The molecule has 0 unspecified atom stereocenters.